The van der Waals surface area contributed by atoms with Gasteiger partial charge >= 0.3 is 0 Å². The van der Waals surface area contributed by atoms with Crippen molar-refractivity contribution < 1.29 is 4.39 Å². The molecule has 0 saturated heterocycles. The van der Waals surface area contributed by atoms with Crippen LogP contribution < -0.4 is 0 Å². The van der Waals surface area contributed by atoms with E-state index in [1.54, 1.807) is 6.08 Å². The Hall–Kier alpha value is -1.70. The average molecular weight is 257 g/mol. The fraction of sp³-hybridized carbons (Fsp3) is 0.353. The van der Waals surface area contributed by atoms with Crippen LogP contribution in [0.15, 0.2) is 53.1 Å². The van der Waals surface area contributed by atoms with Crippen molar-refractivity contribution in [2.75, 3.05) is 6.67 Å². The maximum atomic E-state index is 12.2. The van der Waals surface area contributed by atoms with Gasteiger partial charge in [0.15, 0.2) is 0 Å². The average Bonchev–Trinajstić information content (AvgIpc) is 2.90. The summed E-state index contributed by atoms with van der Waals surface area (Å²) in [4.78, 5) is 4.82. The second kappa shape index (κ2) is 6.46. The first-order chi connectivity index (χ1) is 9.26. The number of nitrogens with zero attached hydrogens (tertiary/aromatic N) is 1. The molecule has 0 radical (unpaired) electrons. The molecule has 2 rings (SSSR count). The van der Waals surface area contributed by atoms with E-state index in [-0.39, 0.29) is 6.04 Å². The minimum atomic E-state index is -0.418. The molecule has 1 aromatic carbocycles. The van der Waals surface area contributed by atoms with Gasteiger partial charge in [-0.2, -0.15) is 0 Å². The minimum Gasteiger partial charge on any atom is -0.281 e. The number of allylic oxidation sites excluding steroid dienone is 2. The Morgan fingerprint density at radius 2 is 2.21 bits per heavy atom. The maximum Gasteiger partial charge on any atom is 0.108 e. The van der Waals surface area contributed by atoms with E-state index in [0.29, 0.717) is 0 Å². The Bertz CT molecular complexity index is 526. The largest absolute Gasteiger partial charge is 0.281 e. The summed E-state index contributed by atoms with van der Waals surface area (Å²) in [5, 5.41) is 0. The van der Waals surface area contributed by atoms with Crippen LogP contribution in [0.5, 0.6) is 0 Å². The van der Waals surface area contributed by atoms with Crippen molar-refractivity contribution in [1.29, 1.82) is 0 Å². The molecule has 0 fully saturated rings. The lowest BCUT2D eigenvalue weighted by molar-refractivity contribution is 0.561. The summed E-state index contributed by atoms with van der Waals surface area (Å²) in [7, 11) is 0. The third-order valence-electron chi connectivity index (χ3n) is 3.54. The molecule has 0 saturated carbocycles. The van der Waals surface area contributed by atoms with Gasteiger partial charge in [-0.1, -0.05) is 42.5 Å². The van der Waals surface area contributed by atoms with Crippen molar-refractivity contribution in [2.24, 2.45) is 4.99 Å². The second-order valence-corrected chi connectivity index (χ2v) is 4.79. The van der Waals surface area contributed by atoms with Crippen LogP contribution in [-0.2, 0) is 0 Å². The highest BCUT2D eigenvalue weighted by molar-refractivity contribution is 6.03. The van der Waals surface area contributed by atoms with Crippen molar-refractivity contribution >= 4 is 5.71 Å². The van der Waals surface area contributed by atoms with Gasteiger partial charge in [0.1, 0.15) is 6.67 Å². The molecule has 0 aromatic heterocycles. The number of aryl methyl sites for hydroxylation is 1. The number of aliphatic imine (C=N–C) groups is 1. The number of rotatable bonds is 4. The first-order valence-corrected chi connectivity index (χ1v) is 6.77. The lowest BCUT2D eigenvalue weighted by atomic mass is 10.0. The third-order valence-corrected chi connectivity index (χ3v) is 3.54. The summed E-state index contributed by atoms with van der Waals surface area (Å²) in [6.07, 6.45) is 7.45. The van der Waals surface area contributed by atoms with Gasteiger partial charge in [-0.3, -0.25) is 4.99 Å². The van der Waals surface area contributed by atoms with Crippen molar-refractivity contribution in [1.82, 2.24) is 0 Å². The maximum absolute atomic E-state index is 12.2. The van der Waals surface area contributed by atoms with E-state index < -0.39 is 6.67 Å². The zero-order valence-electron chi connectivity index (χ0n) is 11.6. The molecule has 19 heavy (non-hydrogen) atoms. The van der Waals surface area contributed by atoms with Crippen LogP contribution in [-0.4, -0.2) is 18.4 Å². The second-order valence-electron chi connectivity index (χ2n) is 4.79. The molecular weight excluding hydrogens is 237 g/mol. The summed E-state index contributed by atoms with van der Waals surface area (Å²) in [6, 6.07) is 8.53. The number of hydrogen-bond acceptors (Lipinski definition) is 1. The Kier molecular flexibility index (Phi) is 4.67. The van der Waals surface area contributed by atoms with Gasteiger partial charge in [-0.25, -0.2) is 4.39 Å². The minimum absolute atomic E-state index is 0.183. The fourth-order valence-corrected chi connectivity index (χ4v) is 2.51. The van der Waals surface area contributed by atoms with Crippen LogP contribution >= 0.6 is 0 Å². The lowest BCUT2D eigenvalue weighted by Gasteiger charge is -2.07. The topological polar surface area (TPSA) is 12.4 Å². The van der Waals surface area contributed by atoms with E-state index in [2.05, 4.69) is 25.1 Å². The Balaban J connectivity index is 2.21. The van der Waals surface area contributed by atoms with Crippen LogP contribution in [0.25, 0.3) is 0 Å². The van der Waals surface area contributed by atoms with Crippen LogP contribution in [0, 0.1) is 6.92 Å². The van der Waals surface area contributed by atoms with Crippen LogP contribution in [0.2, 0.25) is 0 Å². The molecule has 1 aliphatic heterocycles. The van der Waals surface area contributed by atoms with Crippen molar-refractivity contribution in [3.8, 4) is 0 Å². The summed E-state index contributed by atoms with van der Waals surface area (Å²) < 4.78 is 12.2. The quantitative estimate of drug-likeness (QED) is 0.708. The molecule has 0 aliphatic carbocycles. The molecule has 1 unspecified atom stereocenters. The first kappa shape index (κ1) is 13.7. The number of benzene rings is 1. The van der Waals surface area contributed by atoms with E-state index in [9.17, 15) is 4.39 Å². The van der Waals surface area contributed by atoms with E-state index in [1.165, 1.54) is 16.8 Å². The monoisotopic (exact) mass is 257 g/mol. The first-order valence-electron chi connectivity index (χ1n) is 6.77. The smallest absolute Gasteiger partial charge is 0.108 e. The van der Waals surface area contributed by atoms with Gasteiger partial charge in [0.2, 0.25) is 0 Å². The zero-order chi connectivity index (χ0) is 13.7. The molecule has 100 valence electrons. The Morgan fingerprint density at radius 1 is 1.42 bits per heavy atom. The van der Waals surface area contributed by atoms with Crippen LogP contribution in [0.1, 0.15) is 30.9 Å². The highest BCUT2D eigenvalue weighted by Gasteiger charge is 2.21. The van der Waals surface area contributed by atoms with Gasteiger partial charge in [0.05, 0.1) is 6.04 Å². The summed E-state index contributed by atoms with van der Waals surface area (Å²) >= 11 is 0. The molecule has 0 amide bonds. The van der Waals surface area contributed by atoms with Gasteiger partial charge in [0, 0.05) is 5.71 Å². The van der Waals surface area contributed by atoms with E-state index >= 15 is 0 Å². The van der Waals surface area contributed by atoms with Gasteiger partial charge < -0.3 is 0 Å². The van der Waals surface area contributed by atoms with Crippen molar-refractivity contribution in [3.63, 3.8) is 0 Å². The molecule has 0 spiro atoms. The molecule has 1 aromatic rings. The lowest BCUT2D eigenvalue weighted by Crippen LogP contribution is -2.02. The number of hydrogen-bond donors (Lipinski definition) is 0. The number of alkyl halides is 1. The summed E-state index contributed by atoms with van der Waals surface area (Å²) in [6.45, 7) is 3.68. The van der Waals surface area contributed by atoms with E-state index in [0.717, 1.165) is 18.4 Å². The normalized spacial score (nSPS) is 20.1. The summed E-state index contributed by atoms with van der Waals surface area (Å²) in [5.41, 5.74) is 4.80. The molecule has 1 heterocycles. The SMILES string of the molecule is C/C=C(\C=C/CF)C1CCC(c2ccccc2C)=N1. The molecule has 0 bridgehead atoms. The zero-order valence-corrected chi connectivity index (χ0v) is 11.6. The number of halogens is 1. The highest BCUT2D eigenvalue weighted by atomic mass is 19.1. The van der Waals surface area contributed by atoms with Crippen LogP contribution in [0.3, 0.4) is 0 Å². The molecular formula is C17H20FN. The van der Waals surface area contributed by atoms with E-state index in [4.69, 9.17) is 4.99 Å². The van der Waals surface area contributed by atoms with E-state index in [1.807, 2.05) is 25.1 Å². The molecule has 0 N–H and O–H groups in total. The predicted molar refractivity (Wildman–Crippen MR) is 79.6 cm³/mol. The van der Waals surface area contributed by atoms with Gasteiger partial charge in [-0.15, -0.1) is 0 Å². The molecule has 2 heteroatoms. The predicted octanol–water partition coefficient (Wildman–Crippen LogP) is 4.42. The van der Waals surface area contributed by atoms with Crippen molar-refractivity contribution in [3.05, 3.63) is 59.2 Å². The van der Waals surface area contributed by atoms with Crippen LogP contribution in [0.4, 0.5) is 4.39 Å². The molecule has 1 atom stereocenters. The fourth-order valence-electron chi connectivity index (χ4n) is 2.51. The van der Waals surface area contributed by atoms with Gasteiger partial charge in [-0.05, 0) is 43.4 Å². The molecule has 1 aliphatic rings. The summed E-state index contributed by atoms with van der Waals surface area (Å²) in [5.74, 6) is 0. The van der Waals surface area contributed by atoms with Crippen molar-refractivity contribution in [2.45, 2.75) is 32.7 Å². The molecule has 1 nitrogen and oxygen atoms in total. The standard InChI is InChI=1S/C17H20FN/c1-3-14(8-6-12-18)16-10-11-17(19-16)15-9-5-4-7-13(15)2/h3-9,16H,10-12H2,1-2H3/b8-6-,14-3+. The third kappa shape index (κ3) is 3.19. The Morgan fingerprint density at radius 3 is 2.89 bits per heavy atom. The Labute approximate surface area is 114 Å². The highest BCUT2D eigenvalue weighted by Crippen LogP contribution is 2.25. The van der Waals surface area contributed by atoms with Gasteiger partial charge in [0.25, 0.3) is 0 Å².